The number of hydrogen-bond donors (Lipinski definition) is 10. The molecule has 12 aliphatic rings. The standard InChI is InChI=1S/C18H17N3O2.C17H15N3O2.C16H14BrN3.C16H14BrNO2.C15H17BrN2O.C15H14BrNO/c1-23-17(22)10-3-4-13-12(7-10)14-16(20-13)15-11(9-19-21-15)8-18(14)5-2-6-18;21-16(22)9-2-3-12-11(6-9)13-15(19-12)14-10(8-18-20-14)7-17(13)4-1-5-17;17-10-2-3-12-11(6-10)13-15(19-12)14-9(8-18-20-14)7-16(13)4-1-5-16;17-10-2-3-12-11(6-10)13-14(18-12)15(20)9(8-19)7-16(13)4-1-5-16;16-11-2-4-12(5-3-11)17-18-13-10-15(7-1-8-15)9-6-14(13)19;16-9-2-3-11-10(8-9)13-14(17-11)12(18)4-7-15(13)5-1-6-15/h3-4,7,9,20H,2,5-6,8H2,1H3,(H,19,21);2-3,6,8,19H,1,4-5,7H2,(H,18,20)(H,21,22);2-3,6,8,19H,1,4-5,7H2,(H,18,20);2-3,6,8-9,18H,1,4-5,7H2;2-5,17H,1,6-10H2;2-3,8,17H,1,4-7H2/b;;;;18-13+;. The van der Waals surface area contributed by atoms with Crippen molar-refractivity contribution >= 4 is 165 Å². The van der Waals surface area contributed by atoms with Gasteiger partial charge in [-0.2, -0.15) is 20.4 Å². The number of fused-ring (bicyclic) bond motifs is 26. The summed E-state index contributed by atoms with van der Waals surface area (Å²) in [5.74, 6) is -1.18. The molecule has 10 N–H and O–H groups in total. The number of ether oxygens (including phenoxy) is 1. The number of aromatic carboxylic acids is 1. The van der Waals surface area contributed by atoms with Crippen LogP contribution < -0.4 is 5.43 Å². The number of rotatable bonds is 5. The van der Waals surface area contributed by atoms with Crippen molar-refractivity contribution < 1.29 is 38.6 Å². The summed E-state index contributed by atoms with van der Waals surface area (Å²) in [5.41, 5.74) is 31.3. The normalized spacial score (nSPS) is 20.3. The molecule has 7 fully saturated rings. The first-order chi connectivity index (χ1) is 59.2. The average molecular weight is 1890 g/mol. The molecule has 21 nitrogen and oxygen atoms in total. The number of Topliss-reactive ketones (excluding diaryl/α,β-unsaturated/α-hetero) is 3. The number of carboxylic acid groups (broad SMARTS) is 1. The highest BCUT2D eigenvalue weighted by molar-refractivity contribution is 9.11. The van der Waals surface area contributed by atoms with Gasteiger partial charge in [-0.1, -0.05) is 102 Å². The fourth-order valence-corrected chi connectivity index (χ4v) is 24.3. The molecule has 12 aliphatic carbocycles. The quantitative estimate of drug-likeness (QED) is 0.0333. The Labute approximate surface area is 736 Å². The maximum Gasteiger partial charge on any atom is 0.337 e. The summed E-state index contributed by atoms with van der Waals surface area (Å²) in [5, 5.41) is 41.7. The molecule has 0 aliphatic heterocycles. The molecule has 7 saturated carbocycles. The van der Waals surface area contributed by atoms with E-state index in [1.54, 1.807) is 6.07 Å². The SMILES string of the molecule is Brc1ccc2[nH]c3c(c2c1)C1(CCC1)Cc1cn[nH]c1-3.COC(=O)c1ccc2[nH]c3c(c2c1)C1(CCC1)Cc1cn[nH]c1-3.O=C(O)c1ccc2[nH]c3c(c2c1)C1(CCC1)Cc1cn[nH]c1-3.O=C1CCC2(CCC2)C/C1=N\Nc1ccc(Br)cc1.O=C1CCC2(CCC2)c2c1[nH]c1ccc(Br)cc21.O=CC1CC2(CCC2)c2c([nH]c3ccc(Br)cc23)C1=O. The highest BCUT2D eigenvalue weighted by Crippen LogP contribution is 2.61. The minimum Gasteiger partial charge on any atom is -0.478 e. The summed E-state index contributed by atoms with van der Waals surface area (Å²) < 4.78 is 9.17. The smallest absolute Gasteiger partial charge is 0.337 e. The number of aromatic amines is 8. The Kier molecular flexibility index (Phi) is 19.6. The summed E-state index contributed by atoms with van der Waals surface area (Å²) in [6, 6.07) is 37.7. The number of benzene rings is 6. The lowest BCUT2D eigenvalue weighted by atomic mass is 9.56. The van der Waals surface area contributed by atoms with E-state index in [2.05, 4.69) is 166 Å². The number of nitrogens with zero attached hydrogens (tertiary/aromatic N) is 4. The highest BCUT2D eigenvalue weighted by atomic mass is 79.9. The molecule has 0 radical (unpaired) electrons. The Morgan fingerprint density at radius 2 is 0.820 bits per heavy atom. The largest absolute Gasteiger partial charge is 0.478 e. The predicted octanol–water partition coefficient (Wildman–Crippen LogP) is 23.1. The van der Waals surface area contributed by atoms with Crippen LogP contribution in [0.4, 0.5) is 5.69 Å². The Hall–Kier alpha value is -10.3. The van der Waals surface area contributed by atoms with E-state index < -0.39 is 11.9 Å². The number of carbonyl (C=O) groups is 6. The maximum atomic E-state index is 12.5. The number of halogens is 4. The number of H-pyrrole nitrogens is 8. The van der Waals surface area contributed by atoms with E-state index in [0.29, 0.717) is 52.3 Å². The number of ketones is 3. The van der Waals surface area contributed by atoms with Gasteiger partial charge in [-0.15, -0.1) is 0 Å². The molecule has 6 spiro atoms. The zero-order chi connectivity index (χ0) is 83.3. The molecule has 0 amide bonds. The van der Waals surface area contributed by atoms with Gasteiger partial charge in [0, 0.05) is 125 Å². The van der Waals surface area contributed by atoms with Gasteiger partial charge in [0.2, 0.25) is 0 Å². The molecular weight excluding hydrogens is 1790 g/mol. The molecule has 8 aromatic heterocycles. The first-order valence-electron chi connectivity index (χ1n) is 43.0. The Bertz CT molecular complexity index is 6690. The summed E-state index contributed by atoms with van der Waals surface area (Å²) in [6.45, 7) is 0. The molecule has 1 atom stereocenters. The zero-order valence-electron chi connectivity index (χ0n) is 67.6. The molecule has 14 aromatic rings. The van der Waals surface area contributed by atoms with Crippen molar-refractivity contribution in [2.45, 2.75) is 200 Å². The van der Waals surface area contributed by atoms with Crippen molar-refractivity contribution in [2.75, 3.05) is 12.5 Å². The van der Waals surface area contributed by atoms with Crippen LogP contribution in [0.25, 0.3) is 88.7 Å². The van der Waals surface area contributed by atoms with E-state index in [0.717, 1.165) is 172 Å². The first-order valence-corrected chi connectivity index (χ1v) is 46.2. The second-order valence-electron chi connectivity index (χ2n) is 36.6. The van der Waals surface area contributed by atoms with Crippen LogP contribution in [0.15, 0.2) is 157 Å². The van der Waals surface area contributed by atoms with Crippen LogP contribution >= 0.6 is 63.7 Å². The second-order valence-corrected chi connectivity index (χ2v) is 40.3. The molecular formula is C97H91Br4N13O8. The third kappa shape index (κ3) is 13.1. The van der Waals surface area contributed by atoms with Crippen LogP contribution in [0.3, 0.4) is 0 Å². The number of anilines is 1. The van der Waals surface area contributed by atoms with Crippen molar-refractivity contribution in [3.63, 3.8) is 0 Å². The lowest BCUT2D eigenvalue weighted by molar-refractivity contribution is -0.115. The molecule has 25 heteroatoms. The summed E-state index contributed by atoms with van der Waals surface area (Å²) in [4.78, 5) is 88.2. The third-order valence-corrected chi connectivity index (χ3v) is 32.0. The van der Waals surface area contributed by atoms with Crippen molar-refractivity contribution in [1.82, 2.24) is 55.5 Å². The van der Waals surface area contributed by atoms with Gasteiger partial charge in [-0.05, 0) is 275 Å². The van der Waals surface area contributed by atoms with Gasteiger partial charge in [-0.3, -0.25) is 35.1 Å². The van der Waals surface area contributed by atoms with Crippen LogP contribution in [0.2, 0.25) is 0 Å². The average Bonchev–Trinajstić information content (AvgIpc) is 1.51. The van der Waals surface area contributed by atoms with E-state index >= 15 is 0 Å². The fraction of sp³-hybridized carbons (Fsp3) is 0.361. The van der Waals surface area contributed by atoms with Gasteiger partial charge in [0.25, 0.3) is 0 Å². The van der Waals surface area contributed by atoms with E-state index in [9.17, 15) is 33.9 Å². The van der Waals surface area contributed by atoms with Crippen LogP contribution in [0.5, 0.6) is 0 Å². The molecule has 26 rings (SSSR count). The van der Waals surface area contributed by atoms with E-state index in [-0.39, 0.29) is 39.6 Å². The summed E-state index contributed by atoms with van der Waals surface area (Å²) in [7, 11) is 1.42. The van der Waals surface area contributed by atoms with Gasteiger partial charge in [-0.25, -0.2) is 9.59 Å². The van der Waals surface area contributed by atoms with Crippen molar-refractivity contribution in [3.8, 4) is 34.2 Å². The molecule has 122 heavy (non-hydrogen) atoms. The Morgan fingerprint density at radius 1 is 0.434 bits per heavy atom. The molecule has 620 valence electrons. The maximum absolute atomic E-state index is 12.5. The molecule has 0 bridgehead atoms. The first kappa shape index (κ1) is 78.9. The number of carboxylic acids is 1. The molecule has 0 saturated heterocycles. The van der Waals surface area contributed by atoms with Crippen LogP contribution in [-0.4, -0.2) is 109 Å². The number of aldehydes is 1. The number of aromatic nitrogens is 11. The van der Waals surface area contributed by atoms with Gasteiger partial charge in [0.15, 0.2) is 17.3 Å². The van der Waals surface area contributed by atoms with Gasteiger partial charge in [0.1, 0.15) is 12.0 Å². The number of methoxy groups -OCH3 is 1. The van der Waals surface area contributed by atoms with Crippen LogP contribution in [-0.2, 0) is 60.7 Å². The number of nitrogens with one attached hydrogen (secondary N) is 9. The molecule has 8 heterocycles. The topological polar surface area (TPSA) is 321 Å². The van der Waals surface area contributed by atoms with Crippen molar-refractivity contribution in [2.24, 2.45) is 16.4 Å². The molecule has 6 aromatic carbocycles. The van der Waals surface area contributed by atoms with Crippen LogP contribution in [0, 0.1) is 11.3 Å². The predicted molar refractivity (Wildman–Crippen MR) is 487 cm³/mol. The third-order valence-electron chi connectivity index (χ3n) is 30.0. The number of hydrazone groups is 1. The lowest BCUT2D eigenvalue weighted by Gasteiger charge is -2.46. The number of carbonyl (C=O) groups excluding carboxylic acids is 5. The number of esters is 1. The minimum absolute atomic E-state index is 0.0356. The Balaban J connectivity index is 0.0000000903. The van der Waals surface area contributed by atoms with Gasteiger partial charge < -0.3 is 39.6 Å². The Morgan fingerprint density at radius 3 is 1.24 bits per heavy atom. The second kappa shape index (κ2) is 30.3. The van der Waals surface area contributed by atoms with E-state index in [1.807, 2.05) is 91.4 Å². The van der Waals surface area contributed by atoms with Crippen molar-refractivity contribution in [3.05, 3.63) is 219 Å². The van der Waals surface area contributed by atoms with Gasteiger partial charge in [0.05, 0.1) is 94.0 Å². The number of hydrogen-bond acceptors (Lipinski definition) is 12. The van der Waals surface area contributed by atoms with Crippen LogP contribution in [0.1, 0.15) is 240 Å². The minimum atomic E-state index is -0.877. The summed E-state index contributed by atoms with van der Waals surface area (Å²) >= 11 is 14.1. The lowest BCUT2D eigenvalue weighted by Crippen LogP contribution is -2.43. The zero-order valence-corrected chi connectivity index (χ0v) is 73.9. The van der Waals surface area contributed by atoms with Gasteiger partial charge >= 0.3 is 11.9 Å². The fourth-order valence-electron chi connectivity index (χ4n) is 23.0. The monoisotopic (exact) mass is 1880 g/mol. The van der Waals surface area contributed by atoms with Crippen molar-refractivity contribution in [1.29, 1.82) is 0 Å². The van der Waals surface area contributed by atoms with E-state index in [4.69, 9.17) is 4.74 Å². The summed E-state index contributed by atoms with van der Waals surface area (Å²) in [6.07, 6.45) is 37.0. The molecule has 1 unspecified atom stereocenters. The highest BCUT2D eigenvalue weighted by Gasteiger charge is 2.53. The van der Waals surface area contributed by atoms with E-state index in [1.165, 1.54) is 164 Å².